The number of aryl methyl sites for hydroxylation is 2. The minimum absolute atomic E-state index is 0.886. The maximum Gasteiger partial charge on any atom is 0.113 e. The molecule has 0 aliphatic carbocycles. The van der Waals surface area contributed by atoms with Crippen molar-refractivity contribution < 1.29 is 5.21 Å². The van der Waals surface area contributed by atoms with Gasteiger partial charge in [-0.05, 0) is 37.0 Å². The maximum absolute atomic E-state index is 8.39. The quantitative estimate of drug-likeness (QED) is 0.442. The SMILES string of the molecule is CCCCc1ccc(N=CNO)c(C)c1. The largest absolute Gasteiger partial charge is 0.290 e. The fourth-order valence-corrected chi connectivity index (χ4v) is 1.50. The van der Waals surface area contributed by atoms with Gasteiger partial charge >= 0.3 is 0 Å². The highest BCUT2D eigenvalue weighted by atomic mass is 16.5. The molecule has 0 heterocycles. The van der Waals surface area contributed by atoms with E-state index in [1.165, 1.54) is 24.7 Å². The molecule has 0 spiro atoms. The van der Waals surface area contributed by atoms with Gasteiger partial charge in [-0.3, -0.25) is 10.7 Å². The summed E-state index contributed by atoms with van der Waals surface area (Å²) in [6.07, 6.45) is 4.83. The zero-order valence-corrected chi connectivity index (χ0v) is 9.33. The summed E-state index contributed by atoms with van der Waals surface area (Å²) < 4.78 is 0. The van der Waals surface area contributed by atoms with Gasteiger partial charge in [0.15, 0.2) is 0 Å². The summed E-state index contributed by atoms with van der Waals surface area (Å²) in [4.78, 5) is 4.06. The van der Waals surface area contributed by atoms with Crippen LogP contribution in [0.3, 0.4) is 0 Å². The third kappa shape index (κ3) is 3.72. The number of nitrogens with one attached hydrogen (secondary N) is 1. The molecule has 82 valence electrons. The van der Waals surface area contributed by atoms with E-state index in [0.717, 1.165) is 17.7 Å². The Labute approximate surface area is 90.8 Å². The fraction of sp³-hybridized carbons (Fsp3) is 0.417. The van der Waals surface area contributed by atoms with E-state index < -0.39 is 0 Å². The molecular weight excluding hydrogens is 188 g/mol. The van der Waals surface area contributed by atoms with Gasteiger partial charge in [-0.15, -0.1) is 0 Å². The number of hydrogen-bond acceptors (Lipinski definition) is 2. The summed E-state index contributed by atoms with van der Waals surface area (Å²) in [5.41, 5.74) is 5.27. The lowest BCUT2D eigenvalue weighted by Crippen LogP contribution is -2.01. The van der Waals surface area contributed by atoms with Crippen LogP contribution in [-0.4, -0.2) is 11.5 Å². The first kappa shape index (κ1) is 11.7. The second kappa shape index (κ2) is 6.19. The van der Waals surface area contributed by atoms with Crippen molar-refractivity contribution in [1.29, 1.82) is 0 Å². The van der Waals surface area contributed by atoms with Crippen LogP contribution in [-0.2, 0) is 6.42 Å². The van der Waals surface area contributed by atoms with Crippen LogP contribution in [0.25, 0.3) is 0 Å². The van der Waals surface area contributed by atoms with Crippen LogP contribution < -0.4 is 5.48 Å². The normalized spacial score (nSPS) is 10.9. The number of rotatable bonds is 5. The van der Waals surface area contributed by atoms with E-state index in [1.54, 1.807) is 0 Å². The minimum Gasteiger partial charge on any atom is -0.290 e. The molecular formula is C12H18N2O. The third-order valence-corrected chi connectivity index (χ3v) is 2.34. The molecule has 0 saturated carbocycles. The lowest BCUT2D eigenvalue weighted by Gasteiger charge is -2.04. The molecule has 1 aromatic rings. The van der Waals surface area contributed by atoms with Gasteiger partial charge in [0.1, 0.15) is 6.34 Å². The maximum atomic E-state index is 8.39. The molecule has 0 aliphatic rings. The zero-order chi connectivity index (χ0) is 11.1. The summed E-state index contributed by atoms with van der Waals surface area (Å²) >= 11 is 0. The smallest absolute Gasteiger partial charge is 0.113 e. The minimum atomic E-state index is 0.886. The molecule has 1 rings (SSSR count). The summed E-state index contributed by atoms with van der Waals surface area (Å²) in [6.45, 7) is 4.22. The van der Waals surface area contributed by atoms with E-state index in [1.807, 2.05) is 18.5 Å². The van der Waals surface area contributed by atoms with Crippen LogP contribution in [0.15, 0.2) is 23.2 Å². The predicted octanol–water partition coefficient (Wildman–Crippen LogP) is 2.98. The van der Waals surface area contributed by atoms with Crippen LogP contribution in [0, 0.1) is 6.92 Å². The van der Waals surface area contributed by atoms with Crippen LogP contribution in [0.5, 0.6) is 0 Å². The molecule has 3 heteroatoms. The Morgan fingerprint density at radius 3 is 2.87 bits per heavy atom. The van der Waals surface area contributed by atoms with Crippen LogP contribution >= 0.6 is 0 Å². The first-order chi connectivity index (χ1) is 7.27. The lowest BCUT2D eigenvalue weighted by molar-refractivity contribution is 0.240. The van der Waals surface area contributed by atoms with Crippen molar-refractivity contribution in [2.45, 2.75) is 33.1 Å². The summed E-state index contributed by atoms with van der Waals surface area (Å²) in [7, 11) is 0. The number of benzene rings is 1. The van der Waals surface area contributed by atoms with Gasteiger partial charge in [0.05, 0.1) is 5.69 Å². The van der Waals surface area contributed by atoms with Crippen LogP contribution in [0.4, 0.5) is 5.69 Å². The van der Waals surface area contributed by atoms with Crippen molar-refractivity contribution in [3.8, 4) is 0 Å². The molecule has 0 radical (unpaired) electrons. The number of aliphatic imine (C=N–C) groups is 1. The van der Waals surface area contributed by atoms with Crippen LogP contribution in [0.1, 0.15) is 30.9 Å². The molecule has 1 aromatic carbocycles. The summed E-state index contributed by atoms with van der Waals surface area (Å²) in [5, 5.41) is 8.39. The van der Waals surface area contributed by atoms with Gasteiger partial charge in [0, 0.05) is 0 Å². The third-order valence-electron chi connectivity index (χ3n) is 2.34. The first-order valence-electron chi connectivity index (χ1n) is 5.29. The number of unbranched alkanes of at least 4 members (excludes halogenated alkanes) is 1. The molecule has 0 atom stereocenters. The Bertz CT molecular complexity index is 334. The number of hydrogen-bond donors (Lipinski definition) is 2. The molecule has 0 saturated heterocycles. The van der Waals surface area contributed by atoms with Gasteiger partial charge in [-0.25, -0.2) is 4.99 Å². The summed E-state index contributed by atoms with van der Waals surface area (Å²) in [6, 6.07) is 6.22. The van der Waals surface area contributed by atoms with Crippen molar-refractivity contribution >= 4 is 12.0 Å². The average Bonchev–Trinajstić information content (AvgIpc) is 2.25. The van der Waals surface area contributed by atoms with E-state index in [9.17, 15) is 0 Å². The molecule has 2 N–H and O–H groups in total. The van der Waals surface area contributed by atoms with Gasteiger partial charge in [-0.2, -0.15) is 0 Å². The first-order valence-corrected chi connectivity index (χ1v) is 5.29. The van der Waals surface area contributed by atoms with Gasteiger partial charge in [0.2, 0.25) is 0 Å². The fourth-order valence-electron chi connectivity index (χ4n) is 1.50. The number of hydroxylamine groups is 1. The van der Waals surface area contributed by atoms with E-state index >= 15 is 0 Å². The molecule has 0 unspecified atom stereocenters. The molecule has 15 heavy (non-hydrogen) atoms. The molecule has 0 bridgehead atoms. The van der Waals surface area contributed by atoms with Crippen molar-refractivity contribution in [1.82, 2.24) is 5.48 Å². The molecule has 3 nitrogen and oxygen atoms in total. The second-order valence-electron chi connectivity index (χ2n) is 3.61. The molecule has 0 fully saturated rings. The predicted molar refractivity (Wildman–Crippen MR) is 62.9 cm³/mol. The van der Waals surface area contributed by atoms with Crippen molar-refractivity contribution in [3.05, 3.63) is 29.3 Å². The Balaban J connectivity index is 2.74. The molecule has 0 aromatic heterocycles. The summed E-state index contributed by atoms with van der Waals surface area (Å²) in [5.74, 6) is 0. The highest BCUT2D eigenvalue weighted by Crippen LogP contribution is 2.20. The topological polar surface area (TPSA) is 44.6 Å². The lowest BCUT2D eigenvalue weighted by atomic mass is 10.0. The van der Waals surface area contributed by atoms with E-state index in [0.29, 0.717) is 0 Å². The zero-order valence-electron chi connectivity index (χ0n) is 9.33. The Kier molecular flexibility index (Phi) is 4.84. The second-order valence-corrected chi connectivity index (χ2v) is 3.61. The van der Waals surface area contributed by atoms with Gasteiger partial charge < -0.3 is 0 Å². The Morgan fingerprint density at radius 2 is 2.27 bits per heavy atom. The number of nitrogens with zero attached hydrogens (tertiary/aromatic N) is 1. The Morgan fingerprint density at radius 1 is 1.47 bits per heavy atom. The van der Waals surface area contributed by atoms with E-state index in [4.69, 9.17) is 5.21 Å². The van der Waals surface area contributed by atoms with Crippen molar-refractivity contribution in [3.63, 3.8) is 0 Å². The monoisotopic (exact) mass is 206 g/mol. The highest BCUT2D eigenvalue weighted by Gasteiger charge is 1.98. The Hall–Kier alpha value is -1.35. The van der Waals surface area contributed by atoms with E-state index in [2.05, 4.69) is 24.0 Å². The molecule has 0 aliphatic heterocycles. The van der Waals surface area contributed by atoms with Crippen LogP contribution in [0.2, 0.25) is 0 Å². The molecule has 0 amide bonds. The highest BCUT2D eigenvalue weighted by molar-refractivity contribution is 5.61. The van der Waals surface area contributed by atoms with Crippen molar-refractivity contribution in [2.75, 3.05) is 0 Å². The average molecular weight is 206 g/mol. The standard InChI is InChI=1S/C12H18N2O/c1-3-4-5-11-6-7-12(10(2)8-11)13-9-14-15/h6-9,15H,3-5H2,1-2H3,(H,13,14). The van der Waals surface area contributed by atoms with Gasteiger partial charge in [-0.1, -0.05) is 25.5 Å². The van der Waals surface area contributed by atoms with Crippen molar-refractivity contribution in [2.24, 2.45) is 4.99 Å². The van der Waals surface area contributed by atoms with E-state index in [-0.39, 0.29) is 0 Å². The van der Waals surface area contributed by atoms with Gasteiger partial charge in [0.25, 0.3) is 0 Å².